The third-order valence-corrected chi connectivity index (χ3v) is 17.9. The average Bonchev–Trinajstić information content (AvgIpc) is 0.791. The molecular formula is C86H72F12N8O16. The summed E-state index contributed by atoms with van der Waals surface area (Å²) < 4.78 is 175. The number of nitriles is 4. The van der Waals surface area contributed by atoms with Gasteiger partial charge in [-0.05, 0) is 160 Å². The van der Waals surface area contributed by atoms with Gasteiger partial charge in [-0.15, -0.1) is 0 Å². The van der Waals surface area contributed by atoms with Crippen LogP contribution in [0.1, 0.15) is 195 Å². The van der Waals surface area contributed by atoms with Gasteiger partial charge >= 0.3 is 35.8 Å². The third kappa shape index (κ3) is 27.5. The van der Waals surface area contributed by atoms with Crippen molar-refractivity contribution in [1.29, 1.82) is 21.0 Å². The number of phenolic OH excluding ortho intramolecular Hbond substituents is 4. The molecule has 2 fully saturated rings. The zero-order valence-corrected chi connectivity index (χ0v) is 62.7. The van der Waals surface area contributed by atoms with Gasteiger partial charge in [-0.25, -0.2) is 91.2 Å². The van der Waals surface area contributed by atoms with Crippen LogP contribution in [0, 0.1) is 165 Å². The number of esters is 4. The fraction of sp³-hybridized carbons (Fsp3) is 0.279. The Hall–Kier alpha value is -15.1. The first-order valence-electron chi connectivity index (χ1n) is 35.5. The highest BCUT2D eigenvalue weighted by molar-refractivity contribution is 5.94. The molecule has 0 atom stereocenters. The first-order chi connectivity index (χ1) is 57.0. The van der Waals surface area contributed by atoms with Crippen molar-refractivity contribution >= 4 is 58.6 Å². The van der Waals surface area contributed by atoms with Crippen LogP contribution in [0.3, 0.4) is 0 Å². The number of carbonyl (C=O) groups is 6. The Bertz CT molecular complexity index is 5290. The number of ether oxygens (including phenoxy) is 4. The number of benzene rings is 8. The van der Waals surface area contributed by atoms with E-state index in [1.165, 1.54) is 56.7 Å². The lowest BCUT2D eigenvalue weighted by Crippen LogP contribution is -2.26. The van der Waals surface area contributed by atoms with Crippen LogP contribution in [0.2, 0.25) is 0 Å². The zero-order chi connectivity index (χ0) is 89.4. The topological polar surface area (TPSA) is 373 Å². The predicted octanol–water partition coefficient (Wildman–Crippen LogP) is 22.0. The van der Waals surface area contributed by atoms with Crippen LogP contribution in [-0.2, 0) is 9.59 Å². The Morgan fingerprint density at radius 2 is 0.631 bits per heavy atom. The molecule has 8 aromatic rings. The van der Waals surface area contributed by atoms with Crippen molar-refractivity contribution in [3.63, 3.8) is 0 Å². The van der Waals surface area contributed by atoms with Gasteiger partial charge in [0, 0.05) is 0 Å². The van der Waals surface area contributed by atoms with E-state index in [1.54, 1.807) is 24.3 Å². The van der Waals surface area contributed by atoms with Crippen LogP contribution in [-0.4, -0.2) is 66.5 Å². The summed E-state index contributed by atoms with van der Waals surface area (Å²) in [6, 6.07) is 18.9. The number of unbranched alkanes of at least 4 members (excludes halogenated alkanes) is 4. The van der Waals surface area contributed by atoms with E-state index in [9.17, 15) is 96.9 Å². The number of aliphatic carboxylic acids is 1. The molecule has 2 aliphatic rings. The molecule has 0 radical (unpaired) electrons. The van der Waals surface area contributed by atoms with E-state index in [0.717, 1.165) is 87.6 Å². The van der Waals surface area contributed by atoms with Crippen LogP contribution < -0.4 is 18.9 Å². The average molecular weight is 1700 g/mol. The Labute approximate surface area is 690 Å². The number of hydrogen-bond donors (Lipinski definition) is 6. The molecule has 0 aromatic heterocycles. The molecule has 6 N–H and O–H groups in total. The van der Waals surface area contributed by atoms with Crippen molar-refractivity contribution in [2.45, 2.75) is 131 Å². The summed E-state index contributed by atoms with van der Waals surface area (Å²) in [5.41, 5.74) is -5.32. The molecule has 0 spiro atoms. The fourth-order valence-corrected chi connectivity index (χ4v) is 11.6. The number of nitrogens with zero attached hydrogens (tertiary/aromatic N) is 8. The van der Waals surface area contributed by atoms with Crippen LogP contribution in [0.25, 0.3) is 19.4 Å². The molecule has 36 heteroatoms. The van der Waals surface area contributed by atoms with Crippen LogP contribution in [0.15, 0.2) is 97.1 Å². The lowest BCUT2D eigenvalue weighted by Gasteiger charge is -2.27. The van der Waals surface area contributed by atoms with E-state index >= 15 is 0 Å². The van der Waals surface area contributed by atoms with Gasteiger partial charge < -0.3 is 49.6 Å². The van der Waals surface area contributed by atoms with Gasteiger partial charge in [-0.1, -0.05) is 80.1 Å². The van der Waals surface area contributed by atoms with E-state index in [4.69, 9.17) is 81.4 Å². The SMILES string of the molecule is C.C.CCCCCC1CCC(C(=O)O)CC1.O=C(O)c1cc(F)c(F)c(F)c1.[C-]#[N+]c1c(O)ccc(O)c1C#N.[C-]#[N+]c1c(O)ccc(OC(=O)c2cc(F)c(F)c(F)c2)c1C#N.[C-]#[N+]c1c(O)ccc(OC(=O)c2cc(F)c(F)c(F)c2)c1C#N.[C-]#[N+]c1c(OC(=O)c2cc(F)c(F)c(F)c2)ccc(OC(=O)C2CCC(CCCCC)CC2)c1C#N. The summed E-state index contributed by atoms with van der Waals surface area (Å²) in [5.74, 6) is -27.5. The highest BCUT2D eigenvalue weighted by Gasteiger charge is 2.31. The largest absolute Gasteiger partial charge is 0.519 e. The van der Waals surface area contributed by atoms with Crippen molar-refractivity contribution in [1.82, 2.24) is 0 Å². The third-order valence-electron chi connectivity index (χ3n) is 17.9. The van der Waals surface area contributed by atoms with Crippen LogP contribution >= 0.6 is 0 Å². The minimum absolute atomic E-state index is 0. The highest BCUT2D eigenvalue weighted by Crippen LogP contribution is 2.43. The molecule has 0 saturated heterocycles. The molecule has 0 amide bonds. The van der Waals surface area contributed by atoms with E-state index in [-0.39, 0.29) is 78.0 Å². The maximum atomic E-state index is 13.5. The second-order valence-corrected chi connectivity index (χ2v) is 25.8. The van der Waals surface area contributed by atoms with Gasteiger partial charge in [0.2, 0.25) is 22.7 Å². The maximum absolute atomic E-state index is 13.5. The summed E-state index contributed by atoms with van der Waals surface area (Å²) in [7, 11) is 0. The van der Waals surface area contributed by atoms with Crippen molar-refractivity contribution in [3.8, 4) is 70.3 Å². The quantitative estimate of drug-likeness (QED) is 0.00884. The number of aromatic carboxylic acids is 1. The number of rotatable bonds is 18. The Kier molecular flexibility index (Phi) is 40.2. The van der Waals surface area contributed by atoms with Gasteiger partial charge in [-0.3, -0.25) is 9.59 Å². The number of halogens is 12. The molecule has 24 nitrogen and oxygen atoms in total. The summed E-state index contributed by atoms with van der Waals surface area (Å²) in [6.07, 6.45) is 17.3. The second kappa shape index (κ2) is 48.5. The smallest absolute Gasteiger partial charge is 0.343 e. The molecule has 636 valence electrons. The van der Waals surface area contributed by atoms with Gasteiger partial charge in [0.1, 0.15) is 68.2 Å². The lowest BCUT2D eigenvalue weighted by molar-refractivity contribution is -0.143. The van der Waals surface area contributed by atoms with Crippen molar-refractivity contribution in [2.24, 2.45) is 23.7 Å². The molecule has 2 saturated carbocycles. The molecule has 10 rings (SSSR count). The highest BCUT2D eigenvalue weighted by atomic mass is 19.2. The Morgan fingerprint density at radius 3 is 0.926 bits per heavy atom. The van der Waals surface area contributed by atoms with Crippen molar-refractivity contribution in [3.05, 3.63) is 257 Å². The number of carboxylic acids is 2. The zero-order valence-electron chi connectivity index (χ0n) is 62.7. The maximum Gasteiger partial charge on any atom is 0.343 e. The summed E-state index contributed by atoms with van der Waals surface area (Å²) >= 11 is 0. The number of aromatic hydroxyl groups is 4. The van der Waals surface area contributed by atoms with Gasteiger partial charge in [0.15, 0.2) is 69.8 Å². The lowest BCUT2D eigenvalue weighted by atomic mass is 9.80. The first kappa shape index (κ1) is 101. The number of phenols is 4. The van der Waals surface area contributed by atoms with Gasteiger partial charge in [0.25, 0.3) is 0 Å². The summed E-state index contributed by atoms with van der Waals surface area (Å²) in [4.78, 5) is 81.7. The molecule has 8 aromatic carbocycles. The molecule has 0 aliphatic heterocycles. The van der Waals surface area contributed by atoms with E-state index in [0.29, 0.717) is 67.3 Å². The summed E-state index contributed by atoms with van der Waals surface area (Å²) in [5, 5.41) is 90.2. The fourth-order valence-electron chi connectivity index (χ4n) is 11.6. The number of carboxylic acid groups (broad SMARTS) is 2. The Morgan fingerprint density at radius 1 is 0.369 bits per heavy atom. The summed E-state index contributed by atoms with van der Waals surface area (Å²) in [6.45, 7) is 32.2. The molecule has 0 heterocycles. The first-order valence-corrected chi connectivity index (χ1v) is 35.5. The number of hydrogen-bond acceptors (Lipinski definition) is 18. The van der Waals surface area contributed by atoms with E-state index in [1.807, 2.05) is 0 Å². The minimum Gasteiger partial charge on any atom is -0.519 e. The monoisotopic (exact) mass is 1700 g/mol. The second-order valence-electron chi connectivity index (χ2n) is 25.8. The van der Waals surface area contributed by atoms with Crippen LogP contribution in [0.4, 0.5) is 75.4 Å². The Balaban J connectivity index is 0.000000395. The molecule has 2 aliphatic carbocycles. The van der Waals surface area contributed by atoms with Gasteiger partial charge in [-0.2, -0.15) is 21.0 Å². The van der Waals surface area contributed by atoms with Crippen LogP contribution in [0.5, 0.6) is 46.0 Å². The van der Waals surface area contributed by atoms with E-state index in [2.05, 4.69) is 33.2 Å². The molecule has 122 heavy (non-hydrogen) atoms. The molecule has 0 unspecified atom stereocenters. The standard InChI is InChI=1S/C27H25F3N2O4.2C15H5F3N2O3.C12H22O2.C8H4N2O2.C7H3F3O2.2CH4/c1-3-4-5-6-16-7-9-17(10-8-16)26(33)35-22-11-12-23(25(32-2)19(22)15-31)36-27(34)18-13-20(28)24(30)21(29)14-18;2*1-20-14-8(6-19)12(3-2-11(14)21)23-15(22)7-4-9(16)13(18)10(17)5-7;1-2-3-4-5-10-6-8-11(9-7-10)12(13)14;1-10-8-5(4-9)6(11)2-3-7(8)12;8-4-1-3(7(11)12)2-5(9)6(4)10;;/h11-14,16-17H,3-10H2,1H3;2*2-5,21H;10-11H,2-9H2,1H3,(H,13,14);2-3,11-12H;1-2H,(H,11,12);2*1H4. The predicted molar refractivity (Wildman–Crippen MR) is 409 cm³/mol. The van der Waals surface area contributed by atoms with Crippen molar-refractivity contribution in [2.75, 3.05) is 0 Å². The molecule has 0 bridgehead atoms. The molecular weight excluding hydrogens is 1630 g/mol. The number of carbonyl (C=O) groups excluding carboxylic acids is 4. The normalized spacial score (nSPS) is 13.7. The van der Waals surface area contributed by atoms with E-state index < -0.39 is 168 Å². The minimum atomic E-state index is -1.74. The van der Waals surface area contributed by atoms with Crippen molar-refractivity contribution < 1.29 is 131 Å². The van der Waals surface area contributed by atoms with Gasteiger partial charge in [0.05, 0.1) is 84.7 Å².